The van der Waals surface area contributed by atoms with E-state index in [0.29, 0.717) is 0 Å². The minimum atomic E-state index is 0.888. The number of hydrogen-bond donors (Lipinski definition) is 0. The van der Waals surface area contributed by atoms with E-state index in [1.54, 1.807) is 0 Å². The van der Waals surface area contributed by atoms with E-state index in [2.05, 4.69) is 224 Å². The van der Waals surface area contributed by atoms with Crippen LogP contribution in [0.3, 0.4) is 0 Å². The molecule has 0 radical (unpaired) electrons. The monoisotopic (exact) mass is 737 g/mol. The lowest BCUT2D eigenvalue weighted by atomic mass is 9.64. The van der Waals surface area contributed by atoms with Crippen molar-refractivity contribution < 1.29 is 4.42 Å². The fourth-order valence-corrected chi connectivity index (χ4v) is 9.02. The van der Waals surface area contributed by atoms with Gasteiger partial charge < -0.3 is 9.32 Å². The minimum Gasteiger partial charge on any atom is -0.455 e. The van der Waals surface area contributed by atoms with Crippen LogP contribution in [0.4, 0.5) is 17.1 Å². The second kappa shape index (κ2) is 14.6. The molecule has 1 heterocycles. The van der Waals surface area contributed by atoms with Crippen LogP contribution >= 0.6 is 0 Å². The Kier molecular flexibility index (Phi) is 8.91. The van der Waals surface area contributed by atoms with Crippen molar-refractivity contribution in [2.24, 2.45) is 0 Å². The summed E-state index contributed by atoms with van der Waals surface area (Å²) in [5.41, 5.74) is 20.0. The Morgan fingerprint density at radius 3 is 1.59 bits per heavy atom. The molecule has 0 fully saturated rings. The smallest absolute Gasteiger partial charge is 0.143 e. The first-order chi connectivity index (χ1) is 28.5. The molecule has 1 aromatic heterocycles. The summed E-state index contributed by atoms with van der Waals surface area (Å²) in [6.45, 7) is 0. The number of anilines is 3. The van der Waals surface area contributed by atoms with Crippen molar-refractivity contribution in [1.82, 2.24) is 0 Å². The van der Waals surface area contributed by atoms with Crippen molar-refractivity contribution in [2.45, 2.75) is 0 Å². The van der Waals surface area contributed by atoms with Crippen molar-refractivity contribution in [3.63, 3.8) is 0 Å². The van der Waals surface area contributed by atoms with Crippen molar-refractivity contribution in [2.75, 3.05) is 4.90 Å². The predicted molar refractivity (Wildman–Crippen MR) is 260 cm³/mol. The molecule has 0 aliphatic rings. The molecule has 0 aliphatic carbocycles. The molecule has 0 aliphatic heterocycles. The van der Waals surface area contributed by atoms with E-state index in [-0.39, 0.29) is 0 Å². The zero-order valence-corrected chi connectivity index (χ0v) is 33.3. The Balaban J connectivity index is 1.18. The number of para-hydroxylation sites is 1. The largest absolute Gasteiger partial charge is 0.455 e. The minimum absolute atomic E-state index is 0.888. The normalized spacial score (nSPS) is 11.4. The standard InChI is InChI=1S/C52H39B4NO/c53-47-45(37-24-22-34(23-25-37)32-12-3-1-4-13-32)48(54)50(56)51(49(47)55)57(38-29-26-35(27-30-38)33-14-5-2-6-15-33)43-20-10-9-18-40(43)41-19-11-21-44-46(41)42-31-28-36-16-7-8-17-39(36)52(42)58-44/h1-31H,53-56H2. The average molecular weight is 737 g/mol. The summed E-state index contributed by atoms with van der Waals surface area (Å²) in [5, 5.41) is 4.56. The summed E-state index contributed by atoms with van der Waals surface area (Å²) in [6.07, 6.45) is 0. The highest BCUT2D eigenvalue weighted by molar-refractivity contribution is 6.63. The molecular formula is C52H39B4NO. The Labute approximate surface area is 343 Å². The molecule has 0 bridgehead atoms. The zero-order valence-electron chi connectivity index (χ0n) is 33.3. The molecule has 0 saturated heterocycles. The van der Waals surface area contributed by atoms with Gasteiger partial charge >= 0.3 is 0 Å². The molecule has 0 atom stereocenters. The molecule has 9 aromatic carbocycles. The summed E-state index contributed by atoms with van der Waals surface area (Å²) in [6, 6.07) is 67.6. The zero-order chi connectivity index (χ0) is 39.3. The van der Waals surface area contributed by atoms with Gasteiger partial charge in [-0.1, -0.05) is 180 Å². The molecule has 0 spiro atoms. The molecule has 10 rings (SSSR count). The number of benzene rings is 9. The van der Waals surface area contributed by atoms with Gasteiger partial charge in [-0.15, -0.1) is 0 Å². The van der Waals surface area contributed by atoms with Crippen LogP contribution in [0.2, 0.25) is 0 Å². The third-order valence-electron chi connectivity index (χ3n) is 12.1. The molecule has 6 heteroatoms. The van der Waals surface area contributed by atoms with Crippen molar-refractivity contribution in [3.05, 3.63) is 188 Å². The highest BCUT2D eigenvalue weighted by Gasteiger charge is 2.25. The average Bonchev–Trinajstić information content (AvgIpc) is 3.68. The summed E-state index contributed by atoms with van der Waals surface area (Å²) in [5.74, 6) is 0. The van der Waals surface area contributed by atoms with Crippen molar-refractivity contribution in [3.8, 4) is 44.5 Å². The Morgan fingerprint density at radius 1 is 0.379 bits per heavy atom. The molecule has 0 saturated carbocycles. The first-order valence-corrected chi connectivity index (χ1v) is 20.1. The molecule has 270 valence electrons. The third kappa shape index (κ3) is 5.96. The van der Waals surface area contributed by atoms with E-state index in [9.17, 15) is 0 Å². The van der Waals surface area contributed by atoms with Crippen LogP contribution in [0.5, 0.6) is 0 Å². The van der Waals surface area contributed by atoms with Gasteiger partial charge in [-0.2, -0.15) is 0 Å². The fourth-order valence-electron chi connectivity index (χ4n) is 9.02. The quantitative estimate of drug-likeness (QED) is 0.155. The van der Waals surface area contributed by atoms with Gasteiger partial charge in [0.05, 0.1) is 5.69 Å². The van der Waals surface area contributed by atoms with E-state index in [0.717, 1.165) is 49.8 Å². The second-order valence-corrected chi connectivity index (χ2v) is 15.4. The highest BCUT2D eigenvalue weighted by atomic mass is 16.3. The first kappa shape index (κ1) is 35.5. The number of hydrogen-bond acceptors (Lipinski definition) is 2. The van der Waals surface area contributed by atoms with Gasteiger partial charge in [-0.25, -0.2) is 0 Å². The SMILES string of the molecule is Bc1c(B)c(N(c2ccc(-c3ccccc3)cc2)c2ccccc2-c2cccc3oc4c5ccccc5ccc4c23)c(B)c(B)c1-c1ccc(-c2ccccc2)cc1. The van der Waals surface area contributed by atoms with Crippen LogP contribution < -0.4 is 26.8 Å². The van der Waals surface area contributed by atoms with Crippen LogP contribution in [0.15, 0.2) is 192 Å². The molecule has 0 amide bonds. The van der Waals surface area contributed by atoms with E-state index in [1.165, 1.54) is 66.3 Å². The maximum Gasteiger partial charge on any atom is 0.143 e. The highest BCUT2D eigenvalue weighted by Crippen LogP contribution is 2.45. The molecule has 58 heavy (non-hydrogen) atoms. The van der Waals surface area contributed by atoms with Crippen LogP contribution in [0, 0.1) is 0 Å². The van der Waals surface area contributed by atoms with Gasteiger partial charge in [0.1, 0.15) is 42.6 Å². The molecule has 0 N–H and O–H groups in total. The Bertz CT molecular complexity index is 3110. The number of fused-ring (bicyclic) bond motifs is 5. The molecular weight excluding hydrogens is 698 g/mol. The van der Waals surface area contributed by atoms with Crippen LogP contribution in [-0.2, 0) is 0 Å². The van der Waals surface area contributed by atoms with E-state index < -0.39 is 0 Å². The van der Waals surface area contributed by atoms with Crippen LogP contribution in [0.25, 0.3) is 77.2 Å². The van der Waals surface area contributed by atoms with Crippen molar-refractivity contribution >= 4 is 103 Å². The van der Waals surface area contributed by atoms with Crippen LogP contribution in [-0.4, -0.2) is 31.4 Å². The summed E-state index contributed by atoms with van der Waals surface area (Å²) >= 11 is 0. The maximum atomic E-state index is 6.70. The number of nitrogens with zero attached hydrogens (tertiary/aromatic N) is 1. The lowest BCUT2D eigenvalue weighted by Gasteiger charge is -2.34. The van der Waals surface area contributed by atoms with Crippen LogP contribution in [0.1, 0.15) is 0 Å². The molecule has 10 aromatic rings. The van der Waals surface area contributed by atoms with Gasteiger partial charge in [-0.05, 0) is 74.7 Å². The Hall–Kier alpha value is -6.90. The van der Waals surface area contributed by atoms with Crippen molar-refractivity contribution in [1.29, 1.82) is 0 Å². The summed E-state index contributed by atoms with van der Waals surface area (Å²) in [4.78, 5) is 2.49. The van der Waals surface area contributed by atoms with E-state index in [4.69, 9.17) is 4.42 Å². The molecule has 2 nitrogen and oxygen atoms in total. The van der Waals surface area contributed by atoms with Gasteiger partial charge in [0.15, 0.2) is 0 Å². The summed E-state index contributed by atoms with van der Waals surface area (Å²) < 4.78 is 6.70. The van der Waals surface area contributed by atoms with Gasteiger partial charge in [-0.3, -0.25) is 0 Å². The van der Waals surface area contributed by atoms with Gasteiger partial charge in [0, 0.05) is 33.1 Å². The fraction of sp³-hybridized carbons (Fsp3) is 0. The van der Waals surface area contributed by atoms with Gasteiger partial charge in [0.25, 0.3) is 0 Å². The van der Waals surface area contributed by atoms with Gasteiger partial charge in [0.2, 0.25) is 0 Å². The second-order valence-electron chi connectivity index (χ2n) is 15.4. The van der Waals surface area contributed by atoms with E-state index in [1.807, 2.05) is 0 Å². The predicted octanol–water partition coefficient (Wildman–Crippen LogP) is 7.91. The van der Waals surface area contributed by atoms with E-state index >= 15 is 0 Å². The topological polar surface area (TPSA) is 16.4 Å². The first-order valence-electron chi connectivity index (χ1n) is 20.1. The number of rotatable bonds is 7. The lowest BCUT2D eigenvalue weighted by molar-refractivity contribution is 0.673. The number of furan rings is 1. The molecule has 0 unspecified atom stereocenters. The maximum absolute atomic E-state index is 6.70. The summed E-state index contributed by atoms with van der Waals surface area (Å²) in [7, 11) is 9.17. The third-order valence-corrected chi connectivity index (χ3v) is 12.1. The Morgan fingerprint density at radius 2 is 0.914 bits per heavy atom. The lowest BCUT2D eigenvalue weighted by Crippen LogP contribution is -2.46.